The van der Waals surface area contributed by atoms with Crippen molar-refractivity contribution in [2.24, 2.45) is 0 Å². The summed E-state index contributed by atoms with van der Waals surface area (Å²) in [5, 5.41) is 36.5. The van der Waals surface area contributed by atoms with E-state index in [9.17, 15) is 29.7 Å². The average Bonchev–Trinajstić information content (AvgIpc) is 2.17. The number of rotatable bonds is 3. The first-order chi connectivity index (χ1) is 7.26. The zero-order chi connectivity index (χ0) is 12.5. The Labute approximate surface area is 147 Å². The van der Waals surface area contributed by atoms with Crippen molar-refractivity contribution in [2.75, 3.05) is 6.61 Å². The third-order valence-electron chi connectivity index (χ3n) is 2.08. The summed E-state index contributed by atoms with van der Waals surface area (Å²) in [7, 11) is -5.41. The molecular weight excluding hydrogens is 293 g/mol. The molecule has 0 aromatic carbocycles. The van der Waals surface area contributed by atoms with Crippen molar-refractivity contribution in [3.05, 3.63) is 0 Å². The monoisotopic (exact) mass is 304 g/mol. The molecule has 5 atom stereocenters. The van der Waals surface area contributed by atoms with E-state index in [2.05, 4.69) is 9.26 Å². The van der Waals surface area contributed by atoms with Gasteiger partial charge in [0.2, 0.25) is 0 Å². The zero-order valence-electron chi connectivity index (χ0n) is 9.87. The van der Waals surface area contributed by atoms with Gasteiger partial charge in [-0.05, 0) is 0 Å². The normalized spacial score (nSPS) is 36.4. The van der Waals surface area contributed by atoms with Gasteiger partial charge in [-0.15, -0.1) is 0 Å². The molecule has 1 heterocycles. The SMILES string of the molecule is O=P([O-])([O-])O[C@@H]1O[C@H](CO)[C@@H](O)[C@@H](O)[C@H]1O.[Na+].[Na+]. The number of hydrogen-bond donors (Lipinski definition) is 4. The van der Waals surface area contributed by atoms with Gasteiger partial charge in [0.15, 0.2) is 6.29 Å². The summed E-state index contributed by atoms with van der Waals surface area (Å²) < 4.78 is 18.7. The van der Waals surface area contributed by atoms with Gasteiger partial charge in [-0.3, -0.25) is 0 Å². The Morgan fingerprint density at radius 1 is 1.11 bits per heavy atom. The largest absolute Gasteiger partial charge is 1.00 e. The van der Waals surface area contributed by atoms with Crippen LogP contribution in [0.5, 0.6) is 0 Å². The molecule has 0 unspecified atom stereocenters. The van der Waals surface area contributed by atoms with E-state index in [4.69, 9.17) is 5.11 Å². The van der Waals surface area contributed by atoms with Crippen LogP contribution in [0.15, 0.2) is 0 Å². The standard InChI is InChI=1S/C6H13O9P.2Na/c7-1-2-3(8)4(9)5(10)6(14-2)15-16(11,12)13;;/h2-10H,1H2,(H2,11,12,13);;/q;2*+1/p-2/t2-,3-,4-,5-,6+;;/m1../s1. The molecule has 0 aromatic heterocycles. The Bertz CT molecular complexity index is 284. The molecule has 1 aliphatic rings. The fourth-order valence-corrected chi connectivity index (χ4v) is 1.71. The van der Waals surface area contributed by atoms with Gasteiger partial charge in [-0.25, -0.2) is 0 Å². The third-order valence-corrected chi connectivity index (χ3v) is 2.55. The maximum atomic E-state index is 10.3. The second-order valence-electron chi connectivity index (χ2n) is 3.25. The summed E-state index contributed by atoms with van der Waals surface area (Å²) in [4.78, 5) is 20.6. The Morgan fingerprint density at radius 2 is 1.61 bits per heavy atom. The quantitative estimate of drug-likeness (QED) is 0.293. The molecule has 0 spiro atoms. The Hall–Kier alpha value is 1.91. The Kier molecular flexibility index (Phi) is 11.1. The van der Waals surface area contributed by atoms with Gasteiger partial charge in [-0.2, -0.15) is 0 Å². The Balaban J connectivity index is 0. The van der Waals surface area contributed by atoms with Crippen LogP contribution >= 0.6 is 7.82 Å². The molecule has 96 valence electrons. The van der Waals surface area contributed by atoms with E-state index in [-0.39, 0.29) is 59.1 Å². The minimum atomic E-state index is -5.41. The van der Waals surface area contributed by atoms with E-state index >= 15 is 0 Å². The minimum absolute atomic E-state index is 0. The molecule has 0 aromatic rings. The maximum absolute atomic E-state index is 10.3. The second-order valence-corrected chi connectivity index (χ2v) is 4.36. The van der Waals surface area contributed by atoms with Gasteiger partial charge in [0, 0.05) is 0 Å². The molecule has 1 fully saturated rings. The van der Waals surface area contributed by atoms with Crippen LogP contribution in [0.1, 0.15) is 0 Å². The molecule has 0 bridgehead atoms. The van der Waals surface area contributed by atoms with E-state index in [0.29, 0.717) is 0 Å². The van der Waals surface area contributed by atoms with Crippen LogP contribution < -0.4 is 68.9 Å². The first-order valence-corrected chi connectivity index (χ1v) is 5.73. The van der Waals surface area contributed by atoms with Crippen LogP contribution in [0, 0.1) is 0 Å². The van der Waals surface area contributed by atoms with E-state index < -0.39 is 45.1 Å². The fraction of sp³-hybridized carbons (Fsp3) is 1.00. The summed E-state index contributed by atoms with van der Waals surface area (Å²) in [6.45, 7) is -0.743. The molecule has 1 rings (SSSR count). The zero-order valence-corrected chi connectivity index (χ0v) is 14.8. The van der Waals surface area contributed by atoms with E-state index in [1.54, 1.807) is 0 Å². The fourth-order valence-electron chi connectivity index (χ4n) is 1.28. The van der Waals surface area contributed by atoms with Gasteiger partial charge >= 0.3 is 59.1 Å². The molecule has 0 amide bonds. The topological polar surface area (TPSA) is 163 Å². The average molecular weight is 304 g/mol. The number of ether oxygens (including phenoxy) is 1. The summed E-state index contributed by atoms with van der Waals surface area (Å²) in [6.07, 6.45) is -8.61. The molecular formula is C6H11Na2O9P. The maximum Gasteiger partial charge on any atom is 1.00 e. The van der Waals surface area contributed by atoms with Crippen molar-refractivity contribution < 1.29 is 103 Å². The van der Waals surface area contributed by atoms with Crippen molar-refractivity contribution in [1.29, 1.82) is 0 Å². The van der Waals surface area contributed by atoms with E-state index in [1.807, 2.05) is 0 Å². The molecule has 0 saturated carbocycles. The summed E-state index contributed by atoms with van der Waals surface area (Å²) >= 11 is 0. The molecule has 4 N–H and O–H groups in total. The van der Waals surface area contributed by atoms with Crippen molar-refractivity contribution in [1.82, 2.24) is 0 Å². The molecule has 1 aliphatic heterocycles. The summed E-state index contributed by atoms with van der Waals surface area (Å²) in [6, 6.07) is 0. The van der Waals surface area contributed by atoms with Gasteiger partial charge in [-0.1, -0.05) is 0 Å². The molecule has 0 aliphatic carbocycles. The van der Waals surface area contributed by atoms with E-state index in [0.717, 1.165) is 0 Å². The van der Waals surface area contributed by atoms with Crippen LogP contribution in [0.4, 0.5) is 0 Å². The number of phosphoric acid groups is 1. The van der Waals surface area contributed by atoms with Crippen LogP contribution in [0.3, 0.4) is 0 Å². The van der Waals surface area contributed by atoms with Gasteiger partial charge in [0.1, 0.15) is 24.4 Å². The first-order valence-electron chi connectivity index (χ1n) is 4.27. The van der Waals surface area contributed by atoms with Crippen LogP contribution in [-0.2, 0) is 13.8 Å². The first kappa shape index (κ1) is 22.2. The third kappa shape index (κ3) is 6.13. The van der Waals surface area contributed by atoms with Crippen molar-refractivity contribution in [3.63, 3.8) is 0 Å². The van der Waals surface area contributed by atoms with Crippen LogP contribution in [0.25, 0.3) is 0 Å². The van der Waals surface area contributed by atoms with Crippen LogP contribution in [-0.4, -0.2) is 57.7 Å². The molecule has 18 heavy (non-hydrogen) atoms. The second kappa shape index (κ2) is 9.04. The summed E-state index contributed by atoms with van der Waals surface area (Å²) in [5.74, 6) is 0. The van der Waals surface area contributed by atoms with Gasteiger partial charge in [0.05, 0.1) is 14.4 Å². The molecule has 0 radical (unpaired) electrons. The molecule has 12 heteroatoms. The van der Waals surface area contributed by atoms with Crippen molar-refractivity contribution >= 4 is 7.82 Å². The summed E-state index contributed by atoms with van der Waals surface area (Å²) in [5.41, 5.74) is 0. The van der Waals surface area contributed by atoms with Crippen molar-refractivity contribution in [3.8, 4) is 0 Å². The van der Waals surface area contributed by atoms with Gasteiger partial charge in [0.25, 0.3) is 0 Å². The van der Waals surface area contributed by atoms with Crippen molar-refractivity contribution in [2.45, 2.75) is 30.7 Å². The van der Waals surface area contributed by atoms with Crippen LogP contribution in [0.2, 0.25) is 0 Å². The number of aliphatic hydroxyl groups is 4. The smallest absolute Gasteiger partial charge is 0.790 e. The molecule has 1 saturated heterocycles. The molecule has 9 nitrogen and oxygen atoms in total. The number of phosphoric ester groups is 1. The number of hydrogen-bond acceptors (Lipinski definition) is 9. The predicted octanol–water partition coefficient (Wildman–Crippen LogP) is -10.4. The minimum Gasteiger partial charge on any atom is -0.790 e. The van der Waals surface area contributed by atoms with Gasteiger partial charge < -0.3 is 44.0 Å². The van der Waals surface area contributed by atoms with E-state index in [1.165, 1.54) is 0 Å². The number of aliphatic hydroxyl groups excluding tert-OH is 4. The predicted molar refractivity (Wildman–Crippen MR) is 42.5 cm³/mol. The Morgan fingerprint density at radius 3 is 2.00 bits per heavy atom.